The summed E-state index contributed by atoms with van der Waals surface area (Å²) in [5.41, 5.74) is 4.22. The Balaban J connectivity index is 1.67. The lowest BCUT2D eigenvalue weighted by molar-refractivity contribution is -0.125. The van der Waals surface area contributed by atoms with E-state index in [0.717, 1.165) is 18.8 Å². The quantitative estimate of drug-likeness (QED) is 0.830. The fourth-order valence-electron chi connectivity index (χ4n) is 5.54. The second kappa shape index (κ2) is 5.23. The molecule has 3 heterocycles. The molecular weight excluding hydrogens is 322 g/mol. The van der Waals surface area contributed by atoms with Gasteiger partial charge < -0.3 is 15.0 Å². The van der Waals surface area contributed by atoms with E-state index < -0.39 is 5.54 Å². The highest BCUT2D eigenvalue weighted by molar-refractivity contribution is 5.86. The van der Waals surface area contributed by atoms with Crippen molar-refractivity contribution in [3.05, 3.63) is 53.9 Å². The predicted octanol–water partition coefficient (Wildman–Crippen LogP) is 3.32. The first-order chi connectivity index (χ1) is 12.2. The van der Waals surface area contributed by atoms with Crippen LogP contribution in [0.5, 0.6) is 0 Å². The van der Waals surface area contributed by atoms with E-state index in [1.807, 2.05) is 6.08 Å². The zero-order valence-corrected chi connectivity index (χ0v) is 16.4. The number of rotatable bonds is 4. The molecule has 0 bridgehead atoms. The van der Waals surface area contributed by atoms with Crippen molar-refractivity contribution in [3.63, 3.8) is 0 Å². The summed E-state index contributed by atoms with van der Waals surface area (Å²) in [4.78, 5) is 13.2. The number of amides is 1. The molecule has 2 fully saturated rings. The molecule has 1 saturated carbocycles. The lowest BCUT2D eigenvalue weighted by atomic mass is 9.96. The molecule has 2 aromatic rings. The van der Waals surface area contributed by atoms with Crippen molar-refractivity contribution < 1.29 is 4.79 Å². The van der Waals surface area contributed by atoms with E-state index in [1.165, 1.54) is 16.6 Å². The minimum Gasteiger partial charge on any atom is -0.345 e. The van der Waals surface area contributed by atoms with Crippen LogP contribution < -0.4 is 10.6 Å². The summed E-state index contributed by atoms with van der Waals surface area (Å²) in [5, 5.41) is 6.76. The standard InChI is InChI=1S/C22H29N3O/c1-7-22-13-23-12-21(22,6)17(22)19(26)24-20(4,5)18-15(3)11-16-14(2)9-8-10-25(16)18/h7-11,17,23H,1,12-13H2,2-6H3,(H,24,26). The second-order valence-corrected chi connectivity index (χ2v) is 8.94. The Morgan fingerprint density at radius 3 is 2.77 bits per heavy atom. The van der Waals surface area contributed by atoms with Crippen molar-refractivity contribution in [2.45, 2.75) is 40.2 Å². The first-order valence-corrected chi connectivity index (χ1v) is 9.42. The maximum Gasteiger partial charge on any atom is 0.225 e. The van der Waals surface area contributed by atoms with Crippen LogP contribution in [0, 0.1) is 30.6 Å². The summed E-state index contributed by atoms with van der Waals surface area (Å²) in [5.74, 6) is 0.141. The highest BCUT2D eigenvalue weighted by atomic mass is 16.2. The van der Waals surface area contributed by atoms with E-state index >= 15 is 0 Å². The topological polar surface area (TPSA) is 45.5 Å². The van der Waals surface area contributed by atoms with Crippen LogP contribution in [0.3, 0.4) is 0 Å². The fourth-order valence-corrected chi connectivity index (χ4v) is 5.54. The average molecular weight is 351 g/mol. The van der Waals surface area contributed by atoms with Crippen LogP contribution in [-0.4, -0.2) is 23.4 Å². The Bertz CT molecular complexity index is 925. The summed E-state index contributed by atoms with van der Waals surface area (Å²) in [6.07, 6.45) is 4.08. The van der Waals surface area contributed by atoms with Gasteiger partial charge in [0.05, 0.1) is 17.2 Å². The third kappa shape index (κ3) is 2.02. The lowest BCUT2D eigenvalue weighted by Crippen LogP contribution is -2.45. The maximum absolute atomic E-state index is 13.2. The molecule has 2 aromatic heterocycles. The molecule has 1 aliphatic heterocycles. The lowest BCUT2D eigenvalue weighted by Gasteiger charge is -2.29. The van der Waals surface area contributed by atoms with E-state index in [2.05, 4.69) is 80.6 Å². The summed E-state index contributed by atoms with van der Waals surface area (Å²) in [6, 6.07) is 6.39. The molecule has 2 N–H and O–H groups in total. The van der Waals surface area contributed by atoms with Gasteiger partial charge in [0.15, 0.2) is 0 Å². The Hall–Kier alpha value is -2.07. The van der Waals surface area contributed by atoms with Crippen molar-refractivity contribution >= 4 is 11.4 Å². The number of aryl methyl sites for hydroxylation is 2. The summed E-state index contributed by atoms with van der Waals surface area (Å²) in [7, 11) is 0. The number of piperidine rings is 1. The Morgan fingerprint density at radius 2 is 2.12 bits per heavy atom. The van der Waals surface area contributed by atoms with E-state index in [-0.39, 0.29) is 22.7 Å². The van der Waals surface area contributed by atoms with Crippen LogP contribution in [0.15, 0.2) is 37.1 Å². The molecule has 138 valence electrons. The van der Waals surface area contributed by atoms with Gasteiger partial charge in [-0.25, -0.2) is 0 Å². The number of nitrogens with zero attached hydrogens (tertiary/aromatic N) is 1. The SMILES string of the molecule is C=CC12CNCC1(C)C2C(=O)NC(C)(C)c1c(C)cc2c(C)cccn12. The first kappa shape index (κ1) is 17.3. The van der Waals surface area contributed by atoms with E-state index in [9.17, 15) is 4.79 Å². The van der Waals surface area contributed by atoms with Crippen LogP contribution in [0.1, 0.15) is 37.6 Å². The molecule has 4 nitrogen and oxygen atoms in total. The van der Waals surface area contributed by atoms with E-state index in [4.69, 9.17) is 0 Å². The molecule has 1 aliphatic carbocycles. The molecule has 0 radical (unpaired) electrons. The minimum atomic E-state index is -0.454. The van der Waals surface area contributed by atoms with Crippen molar-refractivity contribution in [1.82, 2.24) is 15.0 Å². The Labute approximate surface area is 155 Å². The number of fused-ring (bicyclic) bond motifs is 2. The normalized spacial score (nSPS) is 30.3. The maximum atomic E-state index is 13.2. The van der Waals surface area contributed by atoms with Crippen molar-refractivity contribution in [3.8, 4) is 0 Å². The van der Waals surface area contributed by atoms with Crippen LogP contribution in [-0.2, 0) is 10.3 Å². The van der Waals surface area contributed by atoms with Gasteiger partial charge in [-0.2, -0.15) is 0 Å². The largest absolute Gasteiger partial charge is 0.345 e. The number of nitrogens with one attached hydrogen (secondary N) is 2. The zero-order chi connectivity index (χ0) is 18.9. The number of carbonyl (C=O) groups excluding carboxylic acids is 1. The highest BCUT2D eigenvalue weighted by Crippen LogP contribution is 2.71. The number of pyridine rings is 1. The molecule has 3 atom stereocenters. The van der Waals surface area contributed by atoms with Gasteiger partial charge in [0, 0.05) is 35.6 Å². The molecule has 0 spiro atoms. The molecule has 1 saturated heterocycles. The van der Waals surface area contributed by atoms with Gasteiger partial charge in [0.1, 0.15) is 0 Å². The van der Waals surface area contributed by atoms with E-state index in [0.29, 0.717) is 0 Å². The third-order valence-electron chi connectivity index (χ3n) is 6.91. The number of carbonyl (C=O) groups is 1. The molecule has 26 heavy (non-hydrogen) atoms. The zero-order valence-electron chi connectivity index (χ0n) is 16.4. The van der Waals surface area contributed by atoms with Gasteiger partial charge in [-0.15, -0.1) is 6.58 Å². The predicted molar refractivity (Wildman–Crippen MR) is 105 cm³/mol. The second-order valence-electron chi connectivity index (χ2n) is 8.94. The highest BCUT2D eigenvalue weighted by Gasteiger charge is 2.77. The van der Waals surface area contributed by atoms with Gasteiger partial charge in [-0.3, -0.25) is 4.79 Å². The number of aromatic nitrogens is 1. The van der Waals surface area contributed by atoms with Gasteiger partial charge in [0.25, 0.3) is 0 Å². The van der Waals surface area contributed by atoms with Gasteiger partial charge in [0.2, 0.25) is 5.91 Å². The minimum absolute atomic E-state index is 0.00120. The van der Waals surface area contributed by atoms with Crippen LogP contribution in [0.25, 0.3) is 5.52 Å². The van der Waals surface area contributed by atoms with Crippen LogP contribution >= 0.6 is 0 Å². The van der Waals surface area contributed by atoms with Crippen molar-refractivity contribution in [2.75, 3.05) is 13.1 Å². The van der Waals surface area contributed by atoms with Crippen molar-refractivity contribution in [1.29, 1.82) is 0 Å². The molecular formula is C22H29N3O. The number of hydrogen-bond donors (Lipinski definition) is 2. The Morgan fingerprint density at radius 1 is 1.38 bits per heavy atom. The number of hydrogen-bond acceptors (Lipinski definition) is 2. The monoisotopic (exact) mass is 351 g/mol. The van der Waals surface area contributed by atoms with Gasteiger partial charge in [-0.05, 0) is 51.0 Å². The summed E-state index contributed by atoms with van der Waals surface area (Å²) < 4.78 is 2.21. The van der Waals surface area contributed by atoms with E-state index in [1.54, 1.807) is 0 Å². The average Bonchev–Trinajstić information content (AvgIpc) is 2.82. The summed E-state index contributed by atoms with van der Waals surface area (Å²) >= 11 is 0. The first-order valence-electron chi connectivity index (χ1n) is 9.42. The molecule has 0 aromatic carbocycles. The van der Waals surface area contributed by atoms with Crippen LogP contribution in [0.2, 0.25) is 0 Å². The third-order valence-corrected chi connectivity index (χ3v) is 6.91. The molecule has 4 heteroatoms. The molecule has 3 unspecified atom stereocenters. The molecule has 1 amide bonds. The van der Waals surface area contributed by atoms with Crippen molar-refractivity contribution in [2.24, 2.45) is 16.7 Å². The Kier molecular flexibility index (Phi) is 3.49. The fraction of sp³-hybridized carbons (Fsp3) is 0.500. The smallest absolute Gasteiger partial charge is 0.225 e. The van der Waals surface area contributed by atoms with Crippen LogP contribution in [0.4, 0.5) is 0 Å². The summed E-state index contributed by atoms with van der Waals surface area (Å²) in [6.45, 7) is 16.4. The molecule has 2 aliphatic rings. The molecule has 4 rings (SSSR count). The van der Waals surface area contributed by atoms with Gasteiger partial charge >= 0.3 is 0 Å². The van der Waals surface area contributed by atoms with Gasteiger partial charge in [-0.1, -0.05) is 19.1 Å².